The zero-order chi connectivity index (χ0) is 17.7. The Hall–Kier alpha value is -1.14. The predicted octanol–water partition coefficient (Wildman–Crippen LogP) is 2.22. The van der Waals surface area contributed by atoms with Crippen molar-refractivity contribution >= 4 is 11.9 Å². The summed E-state index contributed by atoms with van der Waals surface area (Å²) >= 11 is 0. The fourth-order valence-electron chi connectivity index (χ4n) is 3.17. The van der Waals surface area contributed by atoms with Gasteiger partial charge in [-0.3, -0.25) is 4.79 Å². The lowest BCUT2D eigenvalue weighted by Gasteiger charge is -2.25. The Bertz CT molecular complexity index is 437. The van der Waals surface area contributed by atoms with Gasteiger partial charge in [0.1, 0.15) is 0 Å². The summed E-state index contributed by atoms with van der Waals surface area (Å²) < 4.78 is 15.9. The Morgan fingerprint density at radius 2 is 2.04 bits per heavy atom. The molecule has 1 aliphatic heterocycles. The third-order valence-electron chi connectivity index (χ3n) is 5.05. The monoisotopic (exact) mass is 342 g/mol. The number of rotatable bonds is 8. The highest BCUT2D eigenvalue weighted by Crippen LogP contribution is 2.29. The van der Waals surface area contributed by atoms with Crippen molar-refractivity contribution in [3.05, 3.63) is 0 Å². The molecule has 0 radical (unpaired) electrons. The highest BCUT2D eigenvalue weighted by Gasteiger charge is 2.36. The molecule has 138 valence electrons. The predicted molar refractivity (Wildman–Crippen MR) is 87.2 cm³/mol. The molecule has 24 heavy (non-hydrogen) atoms. The molecule has 0 aromatic heterocycles. The minimum Gasteiger partial charge on any atom is -0.463 e. The first kappa shape index (κ1) is 19.2. The lowest BCUT2D eigenvalue weighted by Crippen LogP contribution is -2.33. The van der Waals surface area contributed by atoms with Crippen molar-refractivity contribution in [1.29, 1.82) is 0 Å². The van der Waals surface area contributed by atoms with Gasteiger partial charge >= 0.3 is 11.9 Å². The topological polar surface area (TPSA) is 85.4 Å². The van der Waals surface area contributed by atoms with Crippen LogP contribution in [0.3, 0.4) is 0 Å². The maximum atomic E-state index is 12.1. The molecular weight excluding hydrogens is 312 g/mol. The van der Waals surface area contributed by atoms with Crippen LogP contribution in [-0.2, 0) is 23.8 Å². The molecule has 1 N–H and O–H groups in total. The highest BCUT2D eigenvalue weighted by molar-refractivity contribution is 5.80. The Kier molecular flexibility index (Phi) is 7.04. The first-order valence-corrected chi connectivity index (χ1v) is 9.11. The largest absolute Gasteiger partial charge is 0.463 e. The molecule has 1 saturated carbocycles. The lowest BCUT2D eigenvalue weighted by molar-refractivity contribution is -0.171. The fourth-order valence-corrected chi connectivity index (χ4v) is 3.17. The van der Waals surface area contributed by atoms with Crippen LogP contribution in [0, 0.1) is 11.8 Å². The molecule has 6 heteroatoms. The van der Waals surface area contributed by atoms with Gasteiger partial charge in [-0.2, -0.15) is 0 Å². The second-order valence-electron chi connectivity index (χ2n) is 7.12. The number of hydrogen-bond acceptors (Lipinski definition) is 6. The summed E-state index contributed by atoms with van der Waals surface area (Å²) in [6.07, 6.45) is 3.67. The molecule has 0 aromatic carbocycles. The minimum atomic E-state index is -0.912. The van der Waals surface area contributed by atoms with Gasteiger partial charge in [-0.15, -0.1) is 0 Å². The number of aliphatic hydroxyl groups is 1. The van der Waals surface area contributed by atoms with Gasteiger partial charge < -0.3 is 19.3 Å². The quantitative estimate of drug-likeness (QED) is 0.538. The van der Waals surface area contributed by atoms with Crippen molar-refractivity contribution in [3.63, 3.8) is 0 Å². The van der Waals surface area contributed by atoms with Gasteiger partial charge in [-0.05, 0) is 51.9 Å². The average Bonchev–Trinajstić information content (AvgIpc) is 3.25. The van der Waals surface area contributed by atoms with E-state index in [1.165, 1.54) is 6.92 Å². The zero-order valence-corrected chi connectivity index (χ0v) is 14.9. The fraction of sp³-hybridized carbons (Fsp3) is 0.889. The molecule has 0 bridgehead atoms. The van der Waals surface area contributed by atoms with E-state index in [4.69, 9.17) is 14.2 Å². The van der Waals surface area contributed by atoms with Crippen LogP contribution in [-0.4, -0.2) is 48.1 Å². The van der Waals surface area contributed by atoms with E-state index in [-0.39, 0.29) is 17.9 Å². The van der Waals surface area contributed by atoms with Crippen molar-refractivity contribution in [1.82, 2.24) is 0 Å². The smallest absolute Gasteiger partial charge is 0.347 e. The van der Waals surface area contributed by atoms with E-state index in [2.05, 4.69) is 6.92 Å². The van der Waals surface area contributed by atoms with Gasteiger partial charge in [-0.1, -0.05) is 13.3 Å². The number of epoxide rings is 1. The molecule has 2 rings (SSSR count). The van der Waals surface area contributed by atoms with Crippen LogP contribution in [0.15, 0.2) is 0 Å². The maximum Gasteiger partial charge on any atom is 0.347 e. The van der Waals surface area contributed by atoms with Crippen LogP contribution < -0.4 is 0 Å². The maximum absolute atomic E-state index is 12.1. The van der Waals surface area contributed by atoms with Crippen LogP contribution in [0.1, 0.15) is 59.3 Å². The number of aliphatic hydroxyl groups excluding tert-OH is 1. The van der Waals surface area contributed by atoms with E-state index in [0.717, 1.165) is 25.7 Å². The summed E-state index contributed by atoms with van der Waals surface area (Å²) in [4.78, 5) is 24.1. The van der Waals surface area contributed by atoms with Gasteiger partial charge in [0.05, 0.1) is 30.8 Å². The van der Waals surface area contributed by atoms with Gasteiger partial charge in [0.2, 0.25) is 0 Å². The standard InChI is InChI=1S/C18H30O6/c1-4-13(8-16-11(2)23-16)10-22-17(20)12(3)24-18(21)14-6-5-7-15(19)9-14/h11-16,19H,4-10H2,1-3H3. The van der Waals surface area contributed by atoms with Crippen molar-refractivity contribution in [2.24, 2.45) is 11.8 Å². The second kappa shape index (κ2) is 8.81. The van der Waals surface area contributed by atoms with Crippen molar-refractivity contribution < 1.29 is 28.9 Å². The third kappa shape index (κ3) is 5.74. The number of esters is 2. The molecule has 2 fully saturated rings. The Morgan fingerprint density at radius 1 is 1.33 bits per heavy atom. The molecule has 1 aliphatic carbocycles. The summed E-state index contributed by atoms with van der Waals surface area (Å²) in [6, 6.07) is 0. The summed E-state index contributed by atoms with van der Waals surface area (Å²) in [5, 5.41) is 9.63. The summed E-state index contributed by atoms with van der Waals surface area (Å²) in [7, 11) is 0. The van der Waals surface area contributed by atoms with E-state index < -0.39 is 24.1 Å². The second-order valence-corrected chi connectivity index (χ2v) is 7.12. The number of hydrogen-bond donors (Lipinski definition) is 1. The van der Waals surface area contributed by atoms with Crippen molar-refractivity contribution in [2.75, 3.05) is 6.61 Å². The van der Waals surface area contributed by atoms with E-state index in [1.54, 1.807) is 0 Å². The zero-order valence-electron chi connectivity index (χ0n) is 14.9. The van der Waals surface area contributed by atoms with E-state index in [1.807, 2.05) is 6.92 Å². The van der Waals surface area contributed by atoms with E-state index in [0.29, 0.717) is 25.6 Å². The summed E-state index contributed by atoms with van der Waals surface area (Å²) in [5.41, 5.74) is 0. The molecule has 6 atom stereocenters. The van der Waals surface area contributed by atoms with Gasteiger partial charge in [-0.25, -0.2) is 4.79 Å². The third-order valence-corrected chi connectivity index (χ3v) is 5.05. The molecule has 6 nitrogen and oxygen atoms in total. The van der Waals surface area contributed by atoms with Crippen LogP contribution in [0.5, 0.6) is 0 Å². The van der Waals surface area contributed by atoms with E-state index in [9.17, 15) is 14.7 Å². The first-order chi connectivity index (χ1) is 11.4. The molecule has 0 aromatic rings. The van der Waals surface area contributed by atoms with Gasteiger partial charge in [0.25, 0.3) is 0 Å². The Labute approximate surface area is 143 Å². The van der Waals surface area contributed by atoms with Crippen LogP contribution >= 0.6 is 0 Å². The van der Waals surface area contributed by atoms with Crippen molar-refractivity contribution in [3.8, 4) is 0 Å². The Balaban J connectivity index is 1.69. The molecule has 0 spiro atoms. The summed E-state index contributed by atoms with van der Waals surface area (Å²) in [5.74, 6) is -0.977. The normalized spacial score (nSPS) is 31.8. The first-order valence-electron chi connectivity index (χ1n) is 9.11. The molecule has 2 aliphatic rings. The molecule has 1 saturated heterocycles. The van der Waals surface area contributed by atoms with Gasteiger partial charge in [0, 0.05) is 0 Å². The Morgan fingerprint density at radius 3 is 2.62 bits per heavy atom. The lowest BCUT2D eigenvalue weighted by atomic mass is 9.87. The van der Waals surface area contributed by atoms with Crippen LogP contribution in [0.2, 0.25) is 0 Å². The number of ether oxygens (including phenoxy) is 3. The van der Waals surface area contributed by atoms with Crippen LogP contribution in [0.4, 0.5) is 0 Å². The summed E-state index contributed by atoms with van der Waals surface area (Å²) in [6.45, 7) is 5.95. The SMILES string of the molecule is CCC(COC(=O)C(C)OC(=O)C1CCCC(O)C1)CC1OC1C. The molecule has 0 amide bonds. The minimum absolute atomic E-state index is 0.264. The molecule has 6 unspecified atom stereocenters. The van der Waals surface area contributed by atoms with Crippen molar-refractivity contribution in [2.45, 2.75) is 83.7 Å². The van der Waals surface area contributed by atoms with Crippen LogP contribution in [0.25, 0.3) is 0 Å². The highest BCUT2D eigenvalue weighted by atomic mass is 16.6. The van der Waals surface area contributed by atoms with Gasteiger partial charge in [0.15, 0.2) is 6.10 Å². The number of carbonyl (C=O) groups is 2. The average molecular weight is 342 g/mol. The molecular formula is C18H30O6. The molecule has 1 heterocycles. The van der Waals surface area contributed by atoms with E-state index >= 15 is 0 Å². The number of carbonyl (C=O) groups excluding carboxylic acids is 2.